The molecular weight excluding hydrogens is 382 g/mol. The predicted octanol–water partition coefficient (Wildman–Crippen LogP) is 5.92. The first kappa shape index (κ1) is 20.0. The summed E-state index contributed by atoms with van der Waals surface area (Å²) in [5, 5.41) is 3.54. The number of ketones is 2. The van der Waals surface area contributed by atoms with Gasteiger partial charge in [0, 0.05) is 40.3 Å². The van der Waals surface area contributed by atoms with Gasteiger partial charge in [0.25, 0.3) is 0 Å². The monoisotopic (exact) mass is 411 g/mol. The van der Waals surface area contributed by atoms with Gasteiger partial charge in [-0.2, -0.15) is 0 Å². The smallest absolute Gasteiger partial charge is 0.192 e. The maximum absolute atomic E-state index is 13.5. The maximum atomic E-state index is 13.5. The van der Waals surface area contributed by atoms with Crippen LogP contribution in [0.2, 0.25) is 0 Å². The van der Waals surface area contributed by atoms with Crippen LogP contribution >= 0.6 is 0 Å². The summed E-state index contributed by atoms with van der Waals surface area (Å²) >= 11 is 0. The van der Waals surface area contributed by atoms with E-state index in [1.807, 2.05) is 24.3 Å². The van der Waals surface area contributed by atoms with Gasteiger partial charge in [-0.25, -0.2) is 0 Å². The van der Waals surface area contributed by atoms with Crippen LogP contribution in [0.25, 0.3) is 5.70 Å². The van der Waals surface area contributed by atoms with Crippen LogP contribution in [0.15, 0.2) is 65.4 Å². The van der Waals surface area contributed by atoms with E-state index in [0.717, 1.165) is 45.7 Å². The van der Waals surface area contributed by atoms with Crippen LogP contribution in [0, 0.1) is 5.41 Å². The Kier molecular flexibility index (Phi) is 4.21. The molecule has 1 N–H and O–H groups in total. The molecule has 0 spiro atoms. The van der Waals surface area contributed by atoms with Gasteiger partial charge >= 0.3 is 0 Å². The van der Waals surface area contributed by atoms with Gasteiger partial charge in [0.15, 0.2) is 11.6 Å². The van der Waals surface area contributed by atoms with Crippen LogP contribution in [-0.4, -0.2) is 11.6 Å². The molecule has 0 radical (unpaired) electrons. The summed E-state index contributed by atoms with van der Waals surface area (Å²) in [6, 6.07) is 16.3. The molecule has 1 heterocycles. The van der Waals surface area contributed by atoms with Crippen molar-refractivity contribution in [3.63, 3.8) is 0 Å². The molecule has 0 saturated heterocycles. The second-order valence-corrected chi connectivity index (χ2v) is 10.9. The molecule has 3 aliphatic rings. The predicted molar refractivity (Wildman–Crippen MR) is 124 cm³/mol. The van der Waals surface area contributed by atoms with E-state index in [9.17, 15) is 9.59 Å². The molecule has 0 aromatic heterocycles. The molecule has 1 aliphatic heterocycles. The minimum absolute atomic E-state index is 0.0344. The van der Waals surface area contributed by atoms with Crippen LogP contribution in [-0.2, 0) is 10.2 Å². The van der Waals surface area contributed by atoms with Crippen LogP contribution in [0.3, 0.4) is 0 Å². The van der Waals surface area contributed by atoms with Crippen LogP contribution in [0.4, 0.5) is 0 Å². The van der Waals surface area contributed by atoms with Crippen LogP contribution < -0.4 is 5.32 Å². The van der Waals surface area contributed by atoms with E-state index in [-0.39, 0.29) is 28.3 Å². The Labute approximate surface area is 184 Å². The molecule has 1 atom stereocenters. The number of benzene rings is 2. The number of carbonyl (C=O) groups is 2. The largest absolute Gasteiger partial charge is 0.358 e. The number of hydrogen-bond donors (Lipinski definition) is 1. The Hall–Kier alpha value is -2.94. The summed E-state index contributed by atoms with van der Waals surface area (Å²) in [4.78, 5) is 26.9. The van der Waals surface area contributed by atoms with Crippen molar-refractivity contribution in [1.29, 1.82) is 0 Å². The van der Waals surface area contributed by atoms with Gasteiger partial charge in [-0.15, -0.1) is 0 Å². The molecule has 0 amide bonds. The molecule has 0 bridgehead atoms. The molecule has 0 saturated carbocycles. The van der Waals surface area contributed by atoms with E-state index in [1.165, 1.54) is 5.56 Å². The van der Waals surface area contributed by atoms with Crippen molar-refractivity contribution in [3.05, 3.63) is 87.6 Å². The number of allylic oxidation sites excluding steroid dienone is 3. The molecule has 5 rings (SSSR count). The fourth-order valence-electron chi connectivity index (χ4n) is 5.30. The lowest BCUT2D eigenvalue weighted by Gasteiger charge is -2.39. The van der Waals surface area contributed by atoms with E-state index >= 15 is 0 Å². The van der Waals surface area contributed by atoms with E-state index in [4.69, 9.17) is 0 Å². The molecule has 2 aromatic carbocycles. The fourth-order valence-corrected chi connectivity index (χ4v) is 5.30. The van der Waals surface area contributed by atoms with Gasteiger partial charge in [-0.05, 0) is 28.4 Å². The maximum Gasteiger partial charge on any atom is 0.192 e. The molecule has 158 valence electrons. The van der Waals surface area contributed by atoms with Gasteiger partial charge < -0.3 is 5.32 Å². The second-order valence-electron chi connectivity index (χ2n) is 10.9. The third-order valence-corrected chi connectivity index (χ3v) is 6.84. The van der Waals surface area contributed by atoms with E-state index in [0.29, 0.717) is 6.42 Å². The summed E-state index contributed by atoms with van der Waals surface area (Å²) in [7, 11) is 0. The second kappa shape index (κ2) is 6.53. The van der Waals surface area contributed by atoms with Gasteiger partial charge in [0.2, 0.25) is 0 Å². The lowest BCUT2D eigenvalue weighted by atomic mass is 9.68. The molecule has 31 heavy (non-hydrogen) atoms. The first-order chi connectivity index (χ1) is 14.6. The number of carbonyl (C=O) groups excluding carboxylic acids is 2. The number of nitrogens with one attached hydrogen (secondary N) is 1. The van der Waals surface area contributed by atoms with Crippen molar-refractivity contribution in [2.75, 3.05) is 0 Å². The summed E-state index contributed by atoms with van der Waals surface area (Å²) in [5.74, 6) is -0.130. The molecule has 2 aromatic rings. The molecule has 0 fully saturated rings. The van der Waals surface area contributed by atoms with Crippen molar-refractivity contribution in [3.8, 4) is 0 Å². The average Bonchev–Trinajstić information content (AvgIpc) is 2.97. The Balaban J connectivity index is 1.71. The molecule has 2 aliphatic carbocycles. The number of hydrogen-bond acceptors (Lipinski definition) is 3. The van der Waals surface area contributed by atoms with Crippen molar-refractivity contribution >= 4 is 17.3 Å². The zero-order valence-corrected chi connectivity index (χ0v) is 18.9. The topological polar surface area (TPSA) is 46.2 Å². The van der Waals surface area contributed by atoms with Crippen molar-refractivity contribution < 1.29 is 9.59 Å². The highest BCUT2D eigenvalue weighted by Gasteiger charge is 2.46. The van der Waals surface area contributed by atoms with Crippen molar-refractivity contribution in [2.45, 2.75) is 58.8 Å². The van der Waals surface area contributed by atoms with Crippen LogP contribution in [0.5, 0.6) is 0 Å². The Morgan fingerprint density at radius 3 is 2.16 bits per heavy atom. The molecular formula is C28H29NO2. The highest BCUT2D eigenvalue weighted by atomic mass is 16.1. The quantitative estimate of drug-likeness (QED) is 0.633. The molecule has 3 heteroatoms. The summed E-state index contributed by atoms with van der Waals surface area (Å²) < 4.78 is 0. The summed E-state index contributed by atoms with van der Waals surface area (Å²) in [6.45, 7) is 10.9. The van der Waals surface area contributed by atoms with Gasteiger partial charge in [-0.3, -0.25) is 9.59 Å². The third-order valence-electron chi connectivity index (χ3n) is 6.84. The normalized spacial score (nSPS) is 22.2. The first-order valence-corrected chi connectivity index (χ1v) is 11.1. The lowest BCUT2D eigenvalue weighted by Crippen LogP contribution is -2.37. The number of fused-ring (bicyclic) bond motifs is 2. The highest BCUT2D eigenvalue weighted by molar-refractivity contribution is 6.23. The summed E-state index contributed by atoms with van der Waals surface area (Å²) in [5.41, 5.74) is 7.25. The first-order valence-electron chi connectivity index (χ1n) is 11.1. The Morgan fingerprint density at radius 2 is 1.52 bits per heavy atom. The Bertz CT molecular complexity index is 1190. The van der Waals surface area contributed by atoms with Gasteiger partial charge in [-0.1, -0.05) is 83.1 Å². The zero-order chi connectivity index (χ0) is 22.1. The Morgan fingerprint density at radius 1 is 0.871 bits per heavy atom. The van der Waals surface area contributed by atoms with Crippen molar-refractivity contribution in [1.82, 2.24) is 5.32 Å². The lowest BCUT2D eigenvalue weighted by molar-refractivity contribution is -0.118. The number of Topliss-reactive ketones (excluding diaryl/α,β-unsaturated/α-hetero) is 2. The third kappa shape index (κ3) is 3.10. The molecule has 1 unspecified atom stereocenters. The van der Waals surface area contributed by atoms with E-state index in [1.54, 1.807) is 0 Å². The minimum atomic E-state index is -0.316. The van der Waals surface area contributed by atoms with E-state index < -0.39 is 0 Å². The highest BCUT2D eigenvalue weighted by Crippen LogP contribution is 2.51. The SMILES string of the molecule is CC1(C)CC(=O)C2=C(C1)NC1=C(C(=O)c3ccccc31)C2c1ccc(C(C)(C)C)cc1. The number of rotatable bonds is 1. The average molecular weight is 412 g/mol. The minimum Gasteiger partial charge on any atom is -0.358 e. The summed E-state index contributed by atoms with van der Waals surface area (Å²) in [6.07, 6.45) is 1.31. The zero-order valence-electron chi connectivity index (χ0n) is 18.9. The van der Waals surface area contributed by atoms with E-state index in [2.05, 4.69) is 64.2 Å². The van der Waals surface area contributed by atoms with Gasteiger partial charge in [0.05, 0.1) is 5.70 Å². The standard InChI is InChI=1S/C28H29NO2/c1-27(2,3)17-12-10-16(11-13-17)22-23-20(14-28(4,5)15-21(23)30)29-25-18-8-6-7-9-19(18)26(31)24(22)25/h6-13,22,29H,14-15H2,1-5H3. The van der Waals surface area contributed by atoms with Crippen molar-refractivity contribution in [2.24, 2.45) is 5.41 Å². The van der Waals surface area contributed by atoms with Crippen LogP contribution in [0.1, 0.15) is 80.4 Å². The molecule has 3 nitrogen and oxygen atoms in total. The van der Waals surface area contributed by atoms with Gasteiger partial charge in [0.1, 0.15) is 0 Å². The fraction of sp³-hybridized carbons (Fsp3) is 0.357. The number of dihydropyridines is 1.